The maximum absolute atomic E-state index is 3.50. The van der Waals surface area contributed by atoms with Crippen molar-refractivity contribution < 1.29 is 0 Å². The Balaban J connectivity index is 2.87. The minimum atomic E-state index is 0.631. The lowest BCUT2D eigenvalue weighted by Gasteiger charge is -2.08. The van der Waals surface area contributed by atoms with Gasteiger partial charge in [-0.1, -0.05) is 40.0 Å². The summed E-state index contributed by atoms with van der Waals surface area (Å²) in [6.07, 6.45) is 8.05. The highest BCUT2D eigenvalue weighted by Crippen LogP contribution is 1.97. The Labute approximate surface area is 96.2 Å². The van der Waals surface area contributed by atoms with Crippen molar-refractivity contribution in [1.82, 2.24) is 10.6 Å². The summed E-state index contributed by atoms with van der Waals surface area (Å²) < 4.78 is 0. The van der Waals surface area contributed by atoms with Crippen LogP contribution >= 0.6 is 0 Å². The van der Waals surface area contributed by atoms with Gasteiger partial charge in [-0.25, -0.2) is 0 Å². The van der Waals surface area contributed by atoms with Gasteiger partial charge in [0.1, 0.15) is 0 Å². The molecule has 0 unspecified atom stereocenters. The molecule has 0 aliphatic heterocycles. The van der Waals surface area contributed by atoms with Gasteiger partial charge >= 0.3 is 0 Å². The summed E-state index contributed by atoms with van der Waals surface area (Å²) >= 11 is 0. The molecule has 0 atom stereocenters. The first-order valence-electron chi connectivity index (χ1n) is 6.71. The average molecular weight is 214 g/mol. The smallest absolute Gasteiger partial charge is 0.00103 e. The fourth-order valence-electron chi connectivity index (χ4n) is 1.57. The molecule has 2 N–H and O–H groups in total. The van der Waals surface area contributed by atoms with E-state index in [4.69, 9.17) is 0 Å². The van der Waals surface area contributed by atoms with Gasteiger partial charge in [-0.2, -0.15) is 0 Å². The van der Waals surface area contributed by atoms with E-state index in [1.807, 2.05) is 0 Å². The van der Waals surface area contributed by atoms with Crippen molar-refractivity contribution >= 4 is 0 Å². The molecular formula is C13H30N2. The van der Waals surface area contributed by atoms with Gasteiger partial charge in [0.2, 0.25) is 0 Å². The molecule has 0 aromatic rings. The summed E-state index contributed by atoms with van der Waals surface area (Å²) in [5, 5.41) is 6.94. The molecule has 0 saturated heterocycles. The summed E-state index contributed by atoms with van der Waals surface area (Å²) in [6, 6.07) is 0.631. The normalized spacial score (nSPS) is 11.2. The molecular weight excluding hydrogens is 184 g/mol. The second-order valence-electron chi connectivity index (χ2n) is 4.63. The highest BCUT2D eigenvalue weighted by atomic mass is 14.9. The van der Waals surface area contributed by atoms with Crippen LogP contribution in [0.5, 0.6) is 0 Å². The molecule has 0 rings (SSSR count). The second kappa shape index (κ2) is 12.0. The molecule has 2 nitrogen and oxygen atoms in total. The van der Waals surface area contributed by atoms with Gasteiger partial charge in [0.25, 0.3) is 0 Å². The van der Waals surface area contributed by atoms with Gasteiger partial charge in [0, 0.05) is 6.04 Å². The van der Waals surface area contributed by atoms with Gasteiger partial charge in [0.05, 0.1) is 0 Å². The molecule has 0 aliphatic rings. The molecule has 0 heterocycles. The Morgan fingerprint density at radius 2 is 1.40 bits per heavy atom. The van der Waals surface area contributed by atoms with Crippen LogP contribution in [0.1, 0.15) is 59.3 Å². The summed E-state index contributed by atoms with van der Waals surface area (Å²) in [5.41, 5.74) is 0. The first kappa shape index (κ1) is 14.9. The predicted octanol–water partition coefficient (Wildman–Crippen LogP) is 2.93. The Morgan fingerprint density at radius 1 is 0.800 bits per heavy atom. The molecule has 0 spiro atoms. The zero-order chi connectivity index (χ0) is 11.4. The summed E-state index contributed by atoms with van der Waals surface area (Å²) in [4.78, 5) is 0. The van der Waals surface area contributed by atoms with Gasteiger partial charge in [-0.05, 0) is 38.9 Å². The van der Waals surface area contributed by atoms with E-state index in [1.165, 1.54) is 51.6 Å². The molecule has 15 heavy (non-hydrogen) atoms. The number of rotatable bonds is 11. The van der Waals surface area contributed by atoms with Crippen molar-refractivity contribution in [3.63, 3.8) is 0 Å². The highest BCUT2D eigenvalue weighted by molar-refractivity contribution is 4.54. The van der Waals surface area contributed by atoms with Crippen LogP contribution in [0.3, 0.4) is 0 Å². The molecule has 0 amide bonds. The minimum absolute atomic E-state index is 0.631. The zero-order valence-electron chi connectivity index (χ0n) is 10.9. The van der Waals surface area contributed by atoms with Gasteiger partial charge < -0.3 is 10.6 Å². The van der Waals surface area contributed by atoms with Crippen LogP contribution < -0.4 is 10.6 Å². The van der Waals surface area contributed by atoms with Crippen LogP contribution in [0.15, 0.2) is 0 Å². The standard InChI is InChI=1S/C13H30N2/c1-4-5-6-7-10-14-11-8-9-12-15-13(2)3/h13-15H,4-12H2,1-3H3. The van der Waals surface area contributed by atoms with Crippen molar-refractivity contribution in [3.8, 4) is 0 Å². The molecule has 0 saturated carbocycles. The zero-order valence-corrected chi connectivity index (χ0v) is 10.9. The summed E-state index contributed by atoms with van der Waals surface area (Å²) in [5.74, 6) is 0. The Bertz CT molecular complexity index is 113. The first-order chi connectivity index (χ1) is 7.27. The Morgan fingerprint density at radius 3 is 2.00 bits per heavy atom. The van der Waals surface area contributed by atoms with Crippen LogP contribution in [-0.2, 0) is 0 Å². The van der Waals surface area contributed by atoms with Crippen LogP contribution in [0.25, 0.3) is 0 Å². The average Bonchev–Trinajstić information content (AvgIpc) is 2.20. The van der Waals surface area contributed by atoms with Crippen LogP contribution in [0.2, 0.25) is 0 Å². The topological polar surface area (TPSA) is 24.1 Å². The first-order valence-corrected chi connectivity index (χ1v) is 6.71. The molecule has 92 valence electrons. The molecule has 0 aliphatic carbocycles. The van der Waals surface area contributed by atoms with Crippen molar-refractivity contribution in [2.24, 2.45) is 0 Å². The van der Waals surface area contributed by atoms with Gasteiger partial charge in [0.15, 0.2) is 0 Å². The molecule has 0 aromatic carbocycles. The van der Waals surface area contributed by atoms with E-state index < -0.39 is 0 Å². The van der Waals surface area contributed by atoms with Crippen LogP contribution in [-0.4, -0.2) is 25.7 Å². The highest BCUT2D eigenvalue weighted by Gasteiger charge is 1.92. The van der Waals surface area contributed by atoms with E-state index in [0.29, 0.717) is 6.04 Å². The van der Waals surface area contributed by atoms with Crippen molar-refractivity contribution in [1.29, 1.82) is 0 Å². The van der Waals surface area contributed by atoms with Gasteiger partial charge in [-0.15, -0.1) is 0 Å². The van der Waals surface area contributed by atoms with E-state index in [1.54, 1.807) is 0 Å². The molecule has 0 bridgehead atoms. The number of unbranched alkanes of at least 4 members (excludes halogenated alkanes) is 4. The van der Waals surface area contributed by atoms with Crippen LogP contribution in [0, 0.1) is 0 Å². The maximum atomic E-state index is 3.50. The van der Waals surface area contributed by atoms with E-state index in [2.05, 4.69) is 31.4 Å². The minimum Gasteiger partial charge on any atom is -0.317 e. The second-order valence-corrected chi connectivity index (χ2v) is 4.63. The van der Waals surface area contributed by atoms with Crippen LogP contribution in [0.4, 0.5) is 0 Å². The van der Waals surface area contributed by atoms with E-state index >= 15 is 0 Å². The lowest BCUT2D eigenvalue weighted by molar-refractivity contribution is 0.533. The third-order valence-corrected chi connectivity index (χ3v) is 2.54. The number of nitrogens with one attached hydrogen (secondary N) is 2. The Hall–Kier alpha value is -0.0800. The predicted molar refractivity (Wildman–Crippen MR) is 69.4 cm³/mol. The third-order valence-electron chi connectivity index (χ3n) is 2.54. The van der Waals surface area contributed by atoms with Crippen molar-refractivity contribution in [3.05, 3.63) is 0 Å². The molecule has 0 aromatic heterocycles. The monoisotopic (exact) mass is 214 g/mol. The molecule has 0 radical (unpaired) electrons. The van der Waals surface area contributed by atoms with Gasteiger partial charge in [-0.3, -0.25) is 0 Å². The summed E-state index contributed by atoms with van der Waals surface area (Å²) in [7, 11) is 0. The van der Waals surface area contributed by atoms with Crippen molar-refractivity contribution in [2.75, 3.05) is 19.6 Å². The van der Waals surface area contributed by atoms with E-state index in [0.717, 1.165) is 6.54 Å². The Kier molecular flexibility index (Phi) is 11.9. The summed E-state index contributed by atoms with van der Waals surface area (Å²) in [6.45, 7) is 10.2. The largest absolute Gasteiger partial charge is 0.317 e. The lowest BCUT2D eigenvalue weighted by Crippen LogP contribution is -2.24. The fraction of sp³-hybridized carbons (Fsp3) is 1.00. The molecule has 2 heteroatoms. The fourth-order valence-corrected chi connectivity index (χ4v) is 1.57. The maximum Gasteiger partial charge on any atom is 0.00103 e. The SMILES string of the molecule is CCCCCCNCCCCNC(C)C. The third kappa shape index (κ3) is 13.9. The van der Waals surface area contributed by atoms with E-state index in [9.17, 15) is 0 Å². The quantitative estimate of drug-likeness (QED) is 0.517. The van der Waals surface area contributed by atoms with E-state index in [-0.39, 0.29) is 0 Å². The molecule has 0 fully saturated rings. The number of hydrogen-bond donors (Lipinski definition) is 2. The number of hydrogen-bond acceptors (Lipinski definition) is 2. The lowest BCUT2D eigenvalue weighted by atomic mass is 10.2. The van der Waals surface area contributed by atoms with Crippen molar-refractivity contribution in [2.45, 2.75) is 65.3 Å².